The highest BCUT2D eigenvalue weighted by atomic mass is 16.5. The molecule has 2 rings (SSSR count). The van der Waals surface area contributed by atoms with Crippen molar-refractivity contribution in [2.24, 2.45) is 0 Å². The second-order valence-corrected chi connectivity index (χ2v) is 7.56. The van der Waals surface area contributed by atoms with Gasteiger partial charge in [-0.25, -0.2) is 9.59 Å². The van der Waals surface area contributed by atoms with Crippen LogP contribution in [0.1, 0.15) is 39.7 Å². The Bertz CT molecular complexity index is 785. The number of hydrogen-bond donors (Lipinski definition) is 3. The highest BCUT2D eigenvalue weighted by Gasteiger charge is 2.51. The molecule has 3 N–H and O–H groups in total. The first kappa shape index (κ1) is 21.2. The van der Waals surface area contributed by atoms with E-state index < -0.39 is 41.5 Å². The molecule has 0 saturated carbocycles. The lowest BCUT2D eigenvalue weighted by Crippen LogP contribution is -2.51. The van der Waals surface area contributed by atoms with Gasteiger partial charge in [-0.2, -0.15) is 0 Å². The van der Waals surface area contributed by atoms with Crippen molar-refractivity contribution in [1.82, 2.24) is 20.9 Å². The molecule has 152 valence electrons. The number of carbonyl (C=O) groups excluding carboxylic acids is 4. The van der Waals surface area contributed by atoms with Gasteiger partial charge in [0.05, 0.1) is 7.11 Å². The average Bonchev–Trinajstić information content (AvgIpc) is 2.85. The summed E-state index contributed by atoms with van der Waals surface area (Å²) in [4.78, 5) is 50.2. The Labute approximate surface area is 163 Å². The maximum atomic E-state index is 13.0. The van der Waals surface area contributed by atoms with Crippen LogP contribution >= 0.6 is 0 Å². The summed E-state index contributed by atoms with van der Waals surface area (Å²) in [5.74, 6) is -0.684. The Balaban J connectivity index is 2.15. The van der Waals surface area contributed by atoms with E-state index in [4.69, 9.17) is 4.74 Å². The van der Waals surface area contributed by atoms with Gasteiger partial charge in [-0.1, -0.05) is 19.1 Å². The minimum Gasteiger partial charge on any atom is -0.497 e. The number of hydrogen-bond acceptors (Lipinski definition) is 5. The predicted molar refractivity (Wildman–Crippen MR) is 102 cm³/mol. The molecule has 0 aliphatic carbocycles. The summed E-state index contributed by atoms with van der Waals surface area (Å²) < 4.78 is 5.12. The van der Waals surface area contributed by atoms with Crippen LogP contribution in [0, 0.1) is 0 Å². The summed E-state index contributed by atoms with van der Waals surface area (Å²) in [7, 11) is 1.53. The number of nitrogens with one attached hydrogen (secondary N) is 3. The fraction of sp³-hybridized carbons (Fsp3) is 0.474. The first-order chi connectivity index (χ1) is 13.0. The van der Waals surface area contributed by atoms with Crippen LogP contribution in [0.4, 0.5) is 9.59 Å². The van der Waals surface area contributed by atoms with Gasteiger partial charge >= 0.3 is 12.1 Å². The van der Waals surface area contributed by atoms with E-state index in [1.165, 1.54) is 7.11 Å². The van der Waals surface area contributed by atoms with Gasteiger partial charge in [-0.15, -0.1) is 0 Å². The number of urea groups is 2. The molecule has 9 nitrogen and oxygen atoms in total. The SMILES string of the molecule is CC[C@@]1(c2ccc(OC)cc2)NC(=O)N(CC(=O)NC(=O)NC(C)(C)C)C1=O. The van der Waals surface area contributed by atoms with Crippen molar-refractivity contribution < 1.29 is 23.9 Å². The number of benzene rings is 1. The third-order valence-corrected chi connectivity index (χ3v) is 4.33. The average molecular weight is 390 g/mol. The largest absolute Gasteiger partial charge is 0.497 e. The molecule has 1 saturated heterocycles. The fourth-order valence-corrected chi connectivity index (χ4v) is 2.97. The molecule has 1 fully saturated rings. The van der Waals surface area contributed by atoms with E-state index in [1.54, 1.807) is 52.0 Å². The van der Waals surface area contributed by atoms with Gasteiger partial charge in [0.25, 0.3) is 5.91 Å². The van der Waals surface area contributed by atoms with E-state index in [2.05, 4.69) is 16.0 Å². The third-order valence-electron chi connectivity index (χ3n) is 4.33. The molecule has 1 aliphatic heterocycles. The molecule has 1 aliphatic rings. The lowest BCUT2D eigenvalue weighted by atomic mass is 9.87. The monoisotopic (exact) mass is 390 g/mol. The number of amides is 6. The second-order valence-electron chi connectivity index (χ2n) is 7.56. The van der Waals surface area contributed by atoms with Crippen molar-refractivity contribution in [3.05, 3.63) is 29.8 Å². The Morgan fingerprint density at radius 2 is 1.79 bits per heavy atom. The molecule has 0 bridgehead atoms. The number of carbonyl (C=O) groups is 4. The van der Waals surface area contributed by atoms with Gasteiger partial charge in [0.15, 0.2) is 0 Å². The van der Waals surface area contributed by atoms with Gasteiger partial charge < -0.3 is 15.4 Å². The van der Waals surface area contributed by atoms with E-state index in [9.17, 15) is 19.2 Å². The molecular weight excluding hydrogens is 364 g/mol. The lowest BCUT2D eigenvalue weighted by molar-refractivity contribution is -0.135. The quantitative estimate of drug-likeness (QED) is 0.659. The van der Waals surface area contributed by atoms with Crippen LogP contribution in [-0.4, -0.2) is 48.0 Å². The first-order valence-corrected chi connectivity index (χ1v) is 8.93. The summed E-state index contributed by atoms with van der Waals surface area (Å²) in [6.07, 6.45) is 0.298. The standard InChI is InChI=1S/C19H26N4O5/c1-6-19(12-7-9-13(28-5)10-8-12)15(25)23(17(27)22-19)11-14(24)20-16(26)21-18(2,3)4/h7-10H,6,11H2,1-5H3,(H,22,27)(H2,20,21,24,26)/t19-/m0/s1. The van der Waals surface area contributed by atoms with Gasteiger partial charge in [-0.3, -0.25) is 19.8 Å². The van der Waals surface area contributed by atoms with E-state index in [0.29, 0.717) is 17.7 Å². The van der Waals surface area contributed by atoms with Crippen LogP contribution < -0.4 is 20.7 Å². The van der Waals surface area contributed by atoms with Crippen LogP contribution in [0.3, 0.4) is 0 Å². The lowest BCUT2D eigenvalue weighted by Gasteiger charge is -2.26. The summed E-state index contributed by atoms with van der Waals surface area (Å²) in [5.41, 5.74) is -1.21. The van der Waals surface area contributed by atoms with E-state index in [0.717, 1.165) is 4.90 Å². The molecule has 1 atom stereocenters. The van der Waals surface area contributed by atoms with E-state index >= 15 is 0 Å². The Hall–Kier alpha value is -3.10. The molecule has 0 unspecified atom stereocenters. The highest BCUT2D eigenvalue weighted by Crippen LogP contribution is 2.33. The number of nitrogens with zero attached hydrogens (tertiary/aromatic N) is 1. The summed E-state index contributed by atoms with van der Waals surface area (Å²) >= 11 is 0. The van der Waals surface area contributed by atoms with Gasteiger partial charge in [0.1, 0.15) is 17.8 Å². The topological polar surface area (TPSA) is 117 Å². The van der Waals surface area contributed by atoms with Crippen LogP contribution in [0.25, 0.3) is 0 Å². The molecule has 0 spiro atoms. The molecule has 1 aromatic carbocycles. The molecule has 1 aromatic rings. The zero-order chi connectivity index (χ0) is 21.1. The number of ether oxygens (including phenoxy) is 1. The second kappa shape index (κ2) is 7.87. The molecule has 28 heavy (non-hydrogen) atoms. The summed E-state index contributed by atoms with van der Waals surface area (Å²) in [6.45, 7) is 6.50. The van der Waals surface area contributed by atoms with Crippen molar-refractivity contribution in [3.63, 3.8) is 0 Å². The minimum absolute atomic E-state index is 0.298. The zero-order valence-corrected chi connectivity index (χ0v) is 16.7. The normalized spacial score (nSPS) is 19.2. The van der Waals surface area contributed by atoms with E-state index in [-0.39, 0.29) is 0 Å². The highest BCUT2D eigenvalue weighted by molar-refractivity contribution is 6.10. The molecule has 1 heterocycles. The van der Waals surface area contributed by atoms with Crippen molar-refractivity contribution in [1.29, 1.82) is 0 Å². The molecule has 0 radical (unpaired) electrons. The Morgan fingerprint density at radius 3 is 2.29 bits per heavy atom. The number of rotatable bonds is 5. The third kappa shape index (κ3) is 4.41. The van der Waals surface area contributed by atoms with Crippen molar-refractivity contribution >= 4 is 23.9 Å². The van der Waals surface area contributed by atoms with Crippen molar-refractivity contribution in [2.45, 2.75) is 45.2 Å². The van der Waals surface area contributed by atoms with Gasteiger partial charge in [0, 0.05) is 5.54 Å². The van der Waals surface area contributed by atoms with E-state index in [1.807, 2.05) is 0 Å². The maximum absolute atomic E-state index is 13.0. The molecular formula is C19H26N4O5. The van der Waals surface area contributed by atoms with Crippen LogP contribution in [0.5, 0.6) is 5.75 Å². The molecule has 0 aromatic heterocycles. The molecule has 9 heteroatoms. The fourth-order valence-electron chi connectivity index (χ4n) is 2.97. The Morgan fingerprint density at radius 1 is 1.18 bits per heavy atom. The number of imide groups is 2. The van der Waals surface area contributed by atoms with Crippen LogP contribution in [0.15, 0.2) is 24.3 Å². The maximum Gasteiger partial charge on any atom is 0.325 e. The molecule has 6 amide bonds. The van der Waals surface area contributed by atoms with Gasteiger partial charge in [-0.05, 0) is 44.9 Å². The Kier molecular flexibility index (Phi) is 5.96. The summed E-state index contributed by atoms with van der Waals surface area (Å²) in [5, 5.41) is 7.38. The predicted octanol–water partition coefficient (Wildman–Crippen LogP) is 1.48. The van der Waals surface area contributed by atoms with Gasteiger partial charge in [0.2, 0.25) is 5.91 Å². The minimum atomic E-state index is -1.27. The first-order valence-electron chi connectivity index (χ1n) is 8.93. The smallest absolute Gasteiger partial charge is 0.325 e. The van der Waals surface area contributed by atoms with Crippen molar-refractivity contribution in [2.75, 3.05) is 13.7 Å². The van der Waals surface area contributed by atoms with Crippen molar-refractivity contribution in [3.8, 4) is 5.75 Å². The van der Waals surface area contributed by atoms with Crippen LogP contribution in [-0.2, 0) is 15.1 Å². The summed E-state index contributed by atoms with van der Waals surface area (Å²) in [6, 6.07) is 5.40. The van der Waals surface area contributed by atoms with Crippen LogP contribution in [0.2, 0.25) is 0 Å². The number of methoxy groups -OCH3 is 1. The zero-order valence-electron chi connectivity index (χ0n) is 16.7.